The van der Waals surface area contributed by atoms with E-state index in [1.165, 1.54) is 5.56 Å². The van der Waals surface area contributed by atoms with E-state index >= 15 is 0 Å². The molecule has 3 N–H and O–H groups in total. The van der Waals surface area contributed by atoms with E-state index in [9.17, 15) is 9.90 Å². The Hall–Kier alpha value is -2.14. The Morgan fingerprint density at radius 1 is 1.04 bits per heavy atom. The van der Waals surface area contributed by atoms with E-state index in [0.717, 1.165) is 17.7 Å². The van der Waals surface area contributed by atoms with Crippen molar-refractivity contribution in [3.8, 4) is 0 Å². The molecule has 1 aliphatic rings. The standard InChI is InChI=1S/C18H16ClNO2.H2O/c19-15-8-6-14(7-9-15)16-11-20(12-17(16)18(21)22)10-13-4-2-1-3-5-13;/h1-9H,10-12H2,(H,21,22);1H2. The van der Waals surface area contributed by atoms with Gasteiger partial charge >= 0.3 is 5.97 Å². The molecule has 3 rings (SSSR count). The number of carboxylic acids is 1. The maximum Gasteiger partial charge on any atom is 0.333 e. The molecule has 0 bridgehead atoms. The summed E-state index contributed by atoms with van der Waals surface area (Å²) in [5.41, 5.74) is 3.46. The summed E-state index contributed by atoms with van der Waals surface area (Å²) in [5, 5.41) is 10.1. The van der Waals surface area contributed by atoms with Gasteiger partial charge in [-0.3, -0.25) is 4.90 Å². The lowest BCUT2D eigenvalue weighted by Gasteiger charge is -2.16. The van der Waals surface area contributed by atoms with Gasteiger partial charge < -0.3 is 10.6 Å². The first-order valence-corrected chi connectivity index (χ1v) is 7.49. The van der Waals surface area contributed by atoms with Crippen LogP contribution in [0.5, 0.6) is 0 Å². The van der Waals surface area contributed by atoms with E-state index in [-0.39, 0.29) is 5.48 Å². The van der Waals surface area contributed by atoms with Crippen molar-refractivity contribution in [3.05, 3.63) is 76.3 Å². The Morgan fingerprint density at radius 2 is 1.70 bits per heavy atom. The molecule has 0 spiro atoms. The van der Waals surface area contributed by atoms with Gasteiger partial charge in [-0.15, -0.1) is 0 Å². The van der Waals surface area contributed by atoms with Crippen LogP contribution in [0.1, 0.15) is 11.1 Å². The summed E-state index contributed by atoms with van der Waals surface area (Å²) in [4.78, 5) is 13.7. The topological polar surface area (TPSA) is 72.0 Å². The number of halogens is 1. The van der Waals surface area contributed by atoms with Crippen LogP contribution < -0.4 is 0 Å². The number of nitrogens with zero attached hydrogens (tertiary/aromatic N) is 1. The van der Waals surface area contributed by atoms with Gasteiger partial charge in [-0.25, -0.2) is 4.79 Å². The van der Waals surface area contributed by atoms with E-state index in [2.05, 4.69) is 17.0 Å². The van der Waals surface area contributed by atoms with Gasteiger partial charge in [-0.2, -0.15) is 0 Å². The van der Waals surface area contributed by atoms with E-state index in [0.29, 0.717) is 23.7 Å². The molecule has 5 heteroatoms. The lowest BCUT2D eigenvalue weighted by atomic mass is 10.0. The average Bonchev–Trinajstić information content (AvgIpc) is 2.93. The van der Waals surface area contributed by atoms with Crippen molar-refractivity contribution in [2.45, 2.75) is 6.54 Å². The lowest BCUT2D eigenvalue weighted by molar-refractivity contribution is -0.132. The van der Waals surface area contributed by atoms with Crippen LogP contribution in [0.3, 0.4) is 0 Å². The number of hydrogen-bond donors (Lipinski definition) is 1. The minimum atomic E-state index is -0.847. The number of carboxylic acid groups (broad SMARTS) is 1. The second-order valence-electron chi connectivity index (χ2n) is 5.40. The maximum atomic E-state index is 11.5. The zero-order valence-electron chi connectivity index (χ0n) is 12.5. The number of hydrogen-bond acceptors (Lipinski definition) is 2. The van der Waals surface area contributed by atoms with Gasteiger partial charge in [-0.1, -0.05) is 54.1 Å². The molecule has 2 aromatic rings. The highest BCUT2D eigenvalue weighted by Crippen LogP contribution is 2.29. The zero-order chi connectivity index (χ0) is 15.5. The Morgan fingerprint density at radius 3 is 2.30 bits per heavy atom. The molecule has 0 unspecified atom stereocenters. The van der Waals surface area contributed by atoms with Crippen molar-refractivity contribution >= 4 is 23.1 Å². The quantitative estimate of drug-likeness (QED) is 0.936. The minimum absolute atomic E-state index is 0. The number of rotatable bonds is 4. The highest BCUT2D eigenvalue weighted by molar-refractivity contribution is 6.30. The summed E-state index contributed by atoms with van der Waals surface area (Å²) in [6, 6.07) is 17.4. The van der Waals surface area contributed by atoms with E-state index in [1.807, 2.05) is 30.3 Å². The summed E-state index contributed by atoms with van der Waals surface area (Å²) < 4.78 is 0. The van der Waals surface area contributed by atoms with Gasteiger partial charge in [0.15, 0.2) is 0 Å². The predicted molar refractivity (Wildman–Crippen MR) is 91.3 cm³/mol. The Bertz CT molecular complexity index is 711. The lowest BCUT2D eigenvalue weighted by Crippen LogP contribution is -2.21. The highest BCUT2D eigenvalue weighted by Gasteiger charge is 2.27. The van der Waals surface area contributed by atoms with Gasteiger partial charge in [0, 0.05) is 24.7 Å². The van der Waals surface area contributed by atoms with Crippen LogP contribution in [0.4, 0.5) is 0 Å². The fourth-order valence-corrected chi connectivity index (χ4v) is 2.89. The molecular formula is C18H18ClNO3. The van der Waals surface area contributed by atoms with Gasteiger partial charge in [0.25, 0.3) is 0 Å². The first-order valence-electron chi connectivity index (χ1n) is 7.11. The summed E-state index contributed by atoms with van der Waals surface area (Å²) in [6.45, 7) is 1.84. The van der Waals surface area contributed by atoms with Gasteiger partial charge in [0.1, 0.15) is 0 Å². The Kier molecular flexibility index (Phi) is 5.55. The van der Waals surface area contributed by atoms with Crippen molar-refractivity contribution in [2.75, 3.05) is 13.1 Å². The third-order valence-electron chi connectivity index (χ3n) is 3.83. The molecule has 0 aliphatic carbocycles. The van der Waals surface area contributed by atoms with Crippen molar-refractivity contribution in [3.63, 3.8) is 0 Å². The SMILES string of the molecule is O.O=C(O)C1=C(c2ccc(Cl)cc2)CN(Cc2ccccc2)C1. The summed E-state index contributed by atoms with van der Waals surface area (Å²) in [6.07, 6.45) is 0. The molecule has 1 aliphatic heterocycles. The summed E-state index contributed by atoms with van der Waals surface area (Å²) in [7, 11) is 0. The van der Waals surface area contributed by atoms with Gasteiger partial charge in [0.05, 0.1) is 5.57 Å². The molecule has 0 radical (unpaired) electrons. The zero-order valence-corrected chi connectivity index (χ0v) is 13.3. The number of aliphatic carboxylic acids is 1. The molecule has 0 amide bonds. The smallest absolute Gasteiger partial charge is 0.333 e. The third-order valence-corrected chi connectivity index (χ3v) is 4.08. The first-order chi connectivity index (χ1) is 10.6. The van der Waals surface area contributed by atoms with Crippen molar-refractivity contribution < 1.29 is 15.4 Å². The molecule has 0 saturated heterocycles. The molecule has 2 aromatic carbocycles. The van der Waals surface area contributed by atoms with Crippen LogP contribution >= 0.6 is 11.6 Å². The largest absolute Gasteiger partial charge is 0.478 e. The molecule has 0 atom stereocenters. The molecule has 0 fully saturated rings. The fourth-order valence-electron chi connectivity index (χ4n) is 2.76. The van der Waals surface area contributed by atoms with Crippen LogP contribution in [0.25, 0.3) is 5.57 Å². The van der Waals surface area contributed by atoms with Crippen molar-refractivity contribution in [1.82, 2.24) is 4.90 Å². The van der Waals surface area contributed by atoms with Crippen molar-refractivity contribution in [2.24, 2.45) is 0 Å². The number of benzene rings is 2. The second-order valence-corrected chi connectivity index (χ2v) is 5.84. The van der Waals surface area contributed by atoms with Gasteiger partial charge in [-0.05, 0) is 28.8 Å². The van der Waals surface area contributed by atoms with Crippen LogP contribution in [0.2, 0.25) is 5.02 Å². The second kappa shape index (κ2) is 7.42. The predicted octanol–water partition coefficient (Wildman–Crippen LogP) is 2.87. The van der Waals surface area contributed by atoms with E-state index in [4.69, 9.17) is 11.6 Å². The van der Waals surface area contributed by atoms with Gasteiger partial charge in [0.2, 0.25) is 0 Å². The van der Waals surface area contributed by atoms with Crippen LogP contribution in [0, 0.1) is 0 Å². The van der Waals surface area contributed by atoms with Crippen LogP contribution in [0.15, 0.2) is 60.2 Å². The minimum Gasteiger partial charge on any atom is -0.478 e. The molecule has 23 heavy (non-hydrogen) atoms. The van der Waals surface area contributed by atoms with E-state index in [1.54, 1.807) is 12.1 Å². The average molecular weight is 332 g/mol. The number of carbonyl (C=O) groups is 1. The summed E-state index contributed by atoms with van der Waals surface area (Å²) >= 11 is 5.91. The molecule has 0 saturated carbocycles. The van der Waals surface area contributed by atoms with Crippen LogP contribution in [-0.2, 0) is 11.3 Å². The molecule has 4 nitrogen and oxygen atoms in total. The maximum absolute atomic E-state index is 11.5. The normalized spacial score (nSPS) is 14.7. The van der Waals surface area contributed by atoms with E-state index < -0.39 is 5.97 Å². The molecular weight excluding hydrogens is 314 g/mol. The van der Waals surface area contributed by atoms with Crippen molar-refractivity contribution in [1.29, 1.82) is 0 Å². The highest BCUT2D eigenvalue weighted by atomic mass is 35.5. The third kappa shape index (κ3) is 3.99. The molecule has 0 aromatic heterocycles. The fraction of sp³-hybridized carbons (Fsp3) is 0.167. The monoisotopic (exact) mass is 331 g/mol. The Balaban J connectivity index is 0.00000192. The summed E-state index contributed by atoms with van der Waals surface area (Å²) in [5.74, 6) is -0.847. The molecule has 120 valence electrons. The molecule has 1 heterocycles. The first kappa shape index (κ1) is 17.2. The van der Waals surface area contributed by atoms with Crippen LogP contribution in [-0.4, -0.2) is 34.5 Å². The Labute approximate surface area is 139 Å².